The zero-order chi connectivity index (χ0) is 13.5. The van der Waals surface area contributed by atoms with E-state index in [1.54, 1.807) is 0 Å². The Morgan fingerprint density at radius 1 is 1.26 bits per heavy atom. The zero-order valence-corrected chi connectivity index (χ0v) is 12.4. The van der Waals surface area contributed by atoms with Gasteiger partial charge in [0.05, 0.1) is 10.8 Å². The van der Waals surface area contributed by atoms with Crippen molar-refractivity contribution in [2.24, 2.45) is 0 Å². The third kappa shape index (κ3) is 4.47. The van der Waals surface area contributed by atoms with Gasteiger partial charge in [0, 0.05) is 22.8 Å². The van der Waals surface area contributed by atoms with Crippen molar-refractivity contribution < 1.29 is 8.63 Å². The Labute approximate surface area is 119 Å². The van der Waals surface area contributed by atoms with Gasteiger partial charge in [-0.3, -0.25) is 4.21 Å². The molecule has 0 unspecified atom stereocenters. The van der Waals surface area contributed by atoms with E-state index in [4.69, 9.17) is 4.42 Å². The minimum atomic E-state index is -0.964. The highest BCUT2D eigenvalue weighted by molar-refractivity contribution is 8.00. The Kier molecular flexibility index (Phi) is 5.60. The van der Waals surface area contributed by atoms with Gasteiger partial charge in [0.15, 0.2) is 0 Å². The predicted octanol–water partition coefficient (Wildman–Crippen LogP) is 2.92. The molecule has 1 aromatic carbocycles. The smallest absolute Gasteiger partial charge is 0.276 e. The van der Waals surface area contributed by atoms with Crippen molar-refractivity contribution in [3.8, 4) is 0 Å². The van der Waals surface area contributed by atoms with Crippen LogP contribution in [0, 0.1) is 0 Å². The van der Waals surface area contributed by atoms with Crippen molar-refractivity contribution >= 4 is 22.6 Å². The molecular weight excluding hydrogens is 280 g/mol. The lowest BCUT2D eigenvalue weighted by atomic mass is 10.3. The zero-order valence-electron chi connectivity index (χ0n) is 10.7. The van der Waals surface area contributed by atoms with E-state index in [1.807, 2.05) is 30.3 Å². The summed E-state index contributed by atoms with van der Waals surface area (Å²) in [7, 11) is -0.964. The quantitative estimate of drug-likeness (QED) is 0.735. The molecule has 0 fully saturated rings. The van der Waals surface area contributed by atoms with Crippen molar-refractivity contribution in [2.75, 3.05) is 11.5 Å². The Morgan fingerprint density at radius 2 is 2.05 bits per heavy atom. The molecule has 1 atom stereocenters. The molecular formula is C13H16N2O2S2. The molecule has 2 aromatic rings. The summed E-state index contributed by atoms with van der Waals surface area (Å²) in [6.07, 6.45) is 1.80. The molecule has 0 spiro atoms. The van der Waals surface area contributed by atoms with Gasteiger partial charge in [-0.2, -0.15) is 0 Å². The average molecular weight is 296 g/mol. The summed E-state index contributed by atoms with van der Waals surface area (Å²) in [6, 6.07) is 9.48. The highest BCUT2D eigenvalue weighted by atomic mass is 32.2. The number of aromatic nitrogens is 2. The van der Waals surface area contributed by atoms with E-state index in [-0.39, 0.29) is 0 Å². The first-order valence-electron chi connectivity index (χ1n) is 6.18. The molecule has 4 nitrogen and oxygen atoms in total. The van der Waals surface area contributed by atoms with Crippen molar-refractivity contribution in [1.29, 1.82) is 0 Å². The molecule has 6 heteroatoms. The monoisotopic (exact) mass is 296 g/mol. The Bertz CT molecular complexity index is 528. The van der Waals surface area contributed by atoms with Gasteiger partial charge in [0.25, 0.3) is 5.22 Å². The average Bonchev–Trinajstić information content (AvgIpc) is 2.88. The van der Waals surface area contributed by atoms with Gasteiger partial charge in [-0.1, -0.05) is 36.9 Å². The number of hydrogen-bond acceptors (Lipinski definition) is 5. The number of aryl methyl sites for hydroxylation is 1. The van der Waals surface area contributed by atoms with Crippen LogP contribution in [0.2, 0.25) is 0 Å². The summed E-state index contributed by atoms with van der Waals surface area (Å²) in [5.41, 5.74) is 0. The van der Waals surface area contributed by atoms with Gasteiger partial charge in [0.1, 0.15) is 0 Å². The lowest BCUT2D eigenvalue weighted by Crippen LogP contribution is -2.00. The second kappa shape index (κ2) is 7.45. The fourth-order valence-electron chi connectivity index (χ4n) is 1.51. The molecule has 0 aliphatic heterocycles. The number of thioether (sulfide) groups is 1. The summed E-state index contributed by atoms with van der Waals surface area (Å²) in [6.45, 7) is 2.07. The maximum atomic E-state index is 12.0. The molecule has 1 heterocycles. The molecule has 0 aliphatic rings. The molecule has 0 radical (unpaired) electrons. The normalized spacial score (nSPS) is 12.5. The first-order valence-corrected chi connectivity index (χ1v) is 8.48. The highest BCUT2D eigenvalue weighted by Crippen LogP contribution is 2.17. The van der Waals surface area contributed by atoms with E-state index < -0.39 is 10.8 Å². The third-order valence-corrected chi connectivity index (χ3v) is 4.86. The van der Waals surface area contributed by atoms with Crippen LogP contribution in [0.1, 0.15) is 19.2 Å². The maximum absolute atomic E-state index is 12.0. The summed E-state index contributed by atoms with van der Waals surface area (Å²) >= 11 is 1.46. The number of nitrogens with zero attached hydrogens (tertiary/aromatic N) is 2. The van der Waals surface area contributed by atoms with Crippen LogP contribution in [0.3, 0.4) is 0 Å². The van der Waals surface area contributed by atoms with Crippen molar-refractivity contribution in [3.05, 3.63) is 36.2 Å². The van der Waals surface area contributed by atoms with Gasteiger partial charge in [-0.25, -0.2) is 0 Å². The fraction of sp³-hybridized carbons (Fsp3) is 0.385. The fourth-order valence-corrected chi connectivity index (χ4v) is 3.57. The molecule has 0 amide bonds. The van der Waals surface area contributed by atoms with Gasteiger partial charge in [-0.05, 0) is 18.6 Å². The van der Waals surface area contributed by atoms with Crippen LogP contribution in [0.15, 0.2) is 44.9 Å². The van der Waals surface area contributed by atoms with E-state index in [1.165, 1.54) is 11.8 Å². The minimum Gasteiger partial charge on any atom is -0.416 e. The van der Waals surface area contributed by atoms with Gasteiger partial charge < -0.3 is 4.42 Å². The molecule has 0 N–H and O–H groups in total. The first kappa shape index (κ1) is 14.3. The SMILES string of the molecule is CCCc1nnc(SCC[S@@](=O)c2ccccc2)o1. The van der Waals surface area contributed by atoms with E-state index >= 15 is 0 Å². The van der Waals surface area contributed by atoms with Crippen LogP contribution in [-0.2, 0) is 17.2 Å². The number of hydrogen-bond donors (Lipinski definition) is 0. The van der Waals surface area contributed by atoms with Crippen molar-refractivity contribution in [1.82, 2.24) is 10.2 Å². The predicted molar refractivity (Wildman–Crippen MR) is 76.7 cm³/mol. The second-order valence-corrected chi connectivity index (χ2v) is 6.54. The Hall–Kier alpha value is -1.14. The van der Waals surface area contributed by atoms with Crippen molar-refractivity contribution in [2.45, 2.75) is 29.9 Å². The molecule has 0 bridgehead atoms. The van der Waals surface area contributed by atoms with E-state index in [9.17, 15) is 4.21 Å². The summed E-state index contributed by atoms with van der Waals surface area (Å²) in [5.74, 6) is 1.96. The lowest BCUT2D eigenvalue weighted by molar-refractivity contribution is 0.411. The number of benzene rings is 1. The van der Waals surface area contributed by atoms with Gasteiger partial charge in [0.2, 0.25) is 5.89 Å². The van der Waals surface area contributed by atoms with Crippen LogP contribution in [-0.4, -0.2) is 25.9 Å². The lowest BCUT2D eigenvalue weighted by Gasteiger charge is -2.00. The molecule has 0 saturated heterocycles. The standard InChI is InChI=1S/C13H16N2O2S2/c1-2-6-12-14-15-13(17-12)18-9-10-19(16)11-7-4-3-5-8-11/h3-5,7-8H,2,6,9-10H2,1H3/t19-/m1/s1. The second-order valence-electron chi connectivity index (χ2n) is 3.92. The van der Waals surface area contributed by atoms with E-state index in [2.05, 4.69) is 17.1 Å². The van der Waals surface area contributed by atoms with E-state index in [0.29, 0.717) is 22.6 Å². The van der Waals surface area contributed by atoms with Crippen LogP contribution < -0.4 is 0 Å². The Morgan fingerprint density at radius 3 is 2.79 bits per heavy atom. The van der Waals surface area contributed by atoms with Crippen LogP contribution >= 0.6 is 11.8 Å². The van der Waals surface area contributed by atoms with Crippen LogP contribution in [0.5, 0.6) is 0 Å². The van der Waals surface area contributed by atoms with Crippen LogP contribution in [0.25, 0.3) is 0 Å². The largest absolute Gasteiger partial charge is 0.416 e. The topological polar surface area (TPSA) is 56.0 Å². The Balaban J connectivity index is 1.78. The first-order chi connectivity index (χ1) is 9.29. The van der Waals surface area contributed by atoms with E-state index in [0.717, 1.165) is 17.7 Å². The molecule has 0 aliphatic carbocycles. The number of rotatable bonds is 7. The third-order valence-electron chi connectivity index (χ3n) is 2.41. The van der Waals surface area contributed by atoms with Crippen molar-refractivity contribution in [3.63, 3.8) is 0 Å². The van der Waals surface area contributed by atoms with Crippen LogP contribution in [0.4, 0.5) is 0 Å². The minimum absolute atomic E-state index is 0.563. The molecule has 102 valence electrons. The molecule has 19 heavy (non-hydrogen) atoms. The molecule has 0 saturated carbocycles. The highest BCUT2D eigenvalue weighted by Gasteiger charge is 2.08. The van der Waals surface area contributed by atoms with Gasteiger partial charge in [-0.15, -0.1) is 10.2 Å². The van der Waals surface area contributed by atoms with Gasteiger partial charge >= 0.3 is 0 Å². The summed E-state index contributed by atoms with van der Waals surface area (Å²) < 4.78 is 17.4. The summed E-state index contributed by atoms with van der Waals surface area (Å²) in [5, 5.41) is 8.46. The maximum Gasteiger partial charge on any atom is 0.276 e. The molecule has 2 rings (SSSR count). The summed E-state index contributed by atoms with van der Waals surface area (Å²) in [4.78, 5) is 0.861. The molecule has 1 aromatic heterocycles.